The molecule has 112 valence electrons. The molecule has 0 radical (unpaired) electrons. The summed E-state index contributed by atoms with van der Waals surface area (Å²) in [6.07, 6.45) is 2.72. The summed E-state index contributed by atoms with van der Waals surface area (Å²) in [7, 11) is 0. The number of ether oxygens (including phenoxy) is 1. The number of nitrogens with zero attached hydrogens (tertiary/aromatic N) is 1. The van der Waals surface area contributed by atoms with Crippen molar-refractivity contribution in [1.29, 1.82) is 0 Å². The van der Waals surface area contributed by atoms with E-state index in [1.165, 1.54) is 12.3 Å². The predicted molar refractivity (Wildman–Crippen MR) is 82.4 cm³/mol. The first kappa shape index (κ1) is 15.4. The molecule has 1 N–H and O–H groups in total. The maximum Gasteiger partial charge on any atom is 0.343 e. The van der Waals surface area contributed by atoms with Crippen molar-refractivity contribution in [3.05, 3.63) is 72.1 Å². The van der Waals surface area contributed by atoms with Crippen molar-refractivity contribution in [2.24, 2.45) is 0 Å². The van der Waals surface area contributed by atoms with Gasteiger partial charge in [0.05, 0.1) is 11.8 Å². The molecule has 0 spiro atoms. The van der Waals surface area contributed by atoms with Gasteiger partial charge < -0.3 is 10.1 Å². The predicted octanol–water partition coefficient (Wildman–Crippen LogP) is 2.41. The van der Waals surface area contributed by atoms with E-state index >= 15 is 0 Å². The molecule has 0 bridgehead atoms. The summed E-state index contributed by atoms with van der Waals surface area (Å²) in [4.78, 5) is 27.1. The van der Waals surface area contributed by atoms with Gasteiger partial charge in [0, 0.05) is 12.2 Å². The molecule has 5 heteroatoms. The second kappa shape index (κ2) is 7.17. The molecule has 0 aliphatic carbocycles. The van der Waals surface area contributed by atoms with E-state index < -0.39 is 5.97 Å². The van der Waals surface area contributed by atoms with Crippen LogP contribution in [0, 0.1) is 6.92 Å². The average molecular weight is 296 g/mol. The van der Waals surface area contributed by atoms with Crippen LogP contribution in [0.2, 0.25) is 0 Å². The summed E-state index contributed by atoms with van der Waals surface area (Å²) >= 11 is 0. The minimum Gasteiger partial charge on any atom is -0.421 e. The maximum atomic E-state index is 12.0. The summed E-state index contributed by atoms with van der Waals surface area (Å²) in [6, 6.07) is 10.3. The van der Waals surface area contributed by atoms with Crippen molar-refractivity contribution in [1.82, 2.24) is 10.3 Å². The Morgan fingerprint density at radius 2 is 1.95 bits per heavy atom. The number of amides is 1. The van der Waals surface area contributed by atoms with Gasteiger partial charge >= 0.3 is 5.97 Å². The summed E-state index contributed by atoms with van der Waals surface area (Å²) in [6.45, 7) is 5.61. The molecule has 1 heterocycles. The molecule has 1 aromatic carbocycles. The van der Waals surface area contributed by atoms with Gasteiger partial charge in [-0.2, -0.15) is 0 Å². The van der Waals surface area contributed by atoms with E-state index in [2.05, 4.69) is 16.9 Å². The van der Waals surface area contributed by atoms with Gasteiger partial charge in [0.1, 0.15) is 5.75 Å². The number of aryl methyl sites for hydroxylation is 1. The van der Waals surface area contributed by atoms with Gasteiger partial charge in [0.2, 0.25) is 5.91 Å². The quantitative estimate of drug-likeness (QED) is 0.679. The topological polar surface area (TPSA) is 68.3 Å². The van der Waals surface area contributed by atoms with E-state index in [1.54, 1.807) is 36.4 Å². The van der Waals surface area contributed by atoms with Crippen molar-refractivity contribution in [3.8, 4) is 5.75 Å². The van der Waals surface area contributed by atoms with E-state index in [-0.39, 0.29) is 5.91 Å². The molecular weight excluding hydrogens is 280 g/mol. The second-order valence-electron chi connectivity index (χ2n) is 4.64. The van der Waals surface area contributed by atoms with Crippen molar-refractivity contribution in [2.75, 3.05) is 0 Å². The highest BCUT2D eigenvalue weighted by atomic mass is 16.5. The zero-order valence-corrected chi connectivity index (χ0v) is 12.2. The number of carbonyl (C=O) groups is 2. The SMILES string of the molecule is C=CC(=O)NCc1ccc(C(=O)Oc2ccc(C)nc2)cc1. The highest BCUT2D eigenvalue weighted by molar-refractivity contribution is 5.91. The fraction of sp³-hybridized carbons (Fsp3) is 0.118. The summed E-state index contributed by atoms with van der Waals surface area (Å²) in [5.41, 5.74) is 2.16. The van der Waals surface area contributed by atoms with E-state index in [4.69, 9.17) is 4.74 Å². The molecule has 2 rings (SSSR count). The molecule has 0 aliphatic heterocycles. The Labute approximate surface area is 128 Å². The van der Waals surface area contributed by atoms with Crippen LogP contribution in [-0.4, -0.2) is 16.9 Å². The van der Waals surface area contributed by atoms with Gasteiger partial charge in [-0.25, -0.2) is 4.79 Å². The lowest BCUT2D eigenvalue weighted by Crippen LogP contribution is -2.20. The first-order chi connectivity index (χ1) is 10.6. The highest BCUT2D eigenvalue weighted by Gasteiger charge is 2.08. The number of pyridine rings is 1. The number of nitrogens with one attached hydrogen (secondary N) is 1. The molecule has 5 nitrogen and oxygen atoms in total. The van der Waals surface area contributed by atoms with Crippen LogP contribution in [0.15, 0.2) is 55.3 Å². The standard InChI is InChI=1S/C17H16N2O3/c1-3-16(20)19-10-13-5-7-14(8-6-13)17(21)22-15-9-4-12(2)18-11-15/h3-9,11H,1,10H2,2H3,(H,19,20). The molecule has 2 aromatic rings. The van der Waals surface area contributed by atoms with E-state index in [0.29, 0.717) is 17.9 Å². The third kappa shape index (κ3) is 4.28. The number of rotatable bonds is 5. The van der Waals surface area contributed by atoms with E-state index in [0.717, 1.165) is 11.3 Å². The fourth-order valence-electron chi connectivity index (χ4n) is 1.70. The Hall–Kier alpha value is -2.95. The van der Waals surface area contributed by atoms with Crippen molar-refractivity contribution < 1.29 is 14.3 Å². The van der Waals surface area contributed by atoms with Crippen LogP contribution in [0.25, 0.3) is 0 Å². The number of esters is 1. The van der Waals surface area contributed by atoms with Gasteiger partial charge in [-0.1, -0.05) is 18.7 Å². The van der Waals surface area contributed by atoms with Crippen LogP contribution >= 0.6 is 0 Å². The Morgan fingerprint density at radius 1 is 1.23 bits per heavy atom. The number of aromatic nitrogens is 1. The monoisotopic (exact) mass is 296 g/mol. The normalized spacial score (nSPS) is 9.86. The van der Waals surface area contributed by atoms with E-state index in [9.17, 15) is 9.59 Å². The highest BCUT2D eigenvalue weighted by Crippen LogP contribution is 2.12. The molecule has 0 aliphatic rings. The van der Waals surface area contributed by atoms with Gasteiger partial charge in [0.15, 0.2) is 0 Å². The molecule has 0 unspecified atom stereocenters. The smallest absolute Gasteiger partial charge is 0.343 e. The third-order valence-electron chi connectivity index (χ3n) is 2.94. The lowest BCUT2D eigenvalue weighted by molar-refractivity contribution is -0.116. The van der Waals surface area contributed by atoms with Crippen LogP contribution in [0.3, 0.4) is 0 Å². The average Bonchev–Trinajstić information content (AvgIpc) is 2.55. The number of hydrogen-bond donors (Lipinski definition) is 1. The van der Waals surface area contributed by atoms with Gasteiger partial charge in [-0.15, -0.1) is 0 Å². The minimum absolute atomic E-state index is 0.240. The molecular formula is C17H16N2O3. The molecule has 0 atom stereocenters. The van der Waals surface area contributed by atoms with Gasteiger partial charge in [0.25, 0.3) is 0 Å². The third-order valence-corrected chi connectivity index (χ3v) is 2.94. The summed E-state index contributed by atoms with van der Waals surface area (Å²) < 4.78 is 5.23. The second-order valence-corrected chi connectivity index (χ2v) is 4.64. The Morgan fingerprint density at radius 3 is 2.55 bits per heavy atom. The molecule has 0 fully saturated rings. The van der Waals surface area contributed by atoms with Crippen molar-refractivity contribution >= 4 is 11.9 Å². The van der Waals surface area contributed by atoms with Crippen LogP contribution in [0.1, 0.15) is 21.6 Å². The molecule has 1 aromatic heterocycles. The van der Waals surface area contributed by atoms with Crippen molar-refractivity contribution in [2.45, 2.75) is 13.5 Å². The van der Waals surface area contributed by atoms with Crippen molar-refractivity contribution in [3.63, 3.8) is 0 Å². The summed E-state index contributed by atoms with van der Waals surface area (Å²) in [5, 5.41) is 2.66. The largest absolute Gasteiger partial charge is 0.421 e. The minimum atomic E-state index is -0.452. The number of hydrogen-bond acceptors (Lipinski definition) is 4. The van der Waals surface area contributed by atoms with E-state index in [1.807, 2.05) is 6.92 Å². The summed E-state index contributed by atoms with van der Waals surface area (Å²) in [5.74, 6) is -0.291. The lowest BCUT2D eigenvalue weighted by Gasteiger charge is -2.06. The lowest BCUT2D eigenvalue weighted by atomic mass is 10.1. The Balaban J connectivity index is 1.97. The molecule has 1 amide bonds. The zero-order valence-electron chi connectivity index (χ0n) is 12.2. The molecule has 0 saturated carbocycles. The maximum absolute atomic E-state index is 12.0. The fourth-order valence-corrected chi connectivity index (χ4v) is 1.70. The van der Waals surface area contributed by atoms with Gasteiger partial charge in [-0.3, -0.25) is 9.78 Å². The first-order valence-electron chi connectivity index (χ1n) is 6.72. The van der Waals surface area contributed by atoms with Crippen LogP contribution in [0.4, 0.5) is 0 Å². The van der Waals surface area contributed by atoms with Crippen LogP contribution in [0.5, 0.6) is 5.75 Å². The first-order valence-corrected chi connectivity index (χ1v) is 6.72. The van der Waals surface area contributed by atoms with Crippen LogP contribution < -0.4 is 10.1 Å². The van der Waals surface area contributed by atoms with Crippen LogP contribution in [-0.2, 0) is 11.3 Å². The Kier molecular flexibility index (Phi) is 5.03. The van der Waals surface area contributed by atoms with Gasteiger partial charge in [-0.05, 0) is 42.8 Å². The Bertz CT molecular complexity index is 676. The number of carbonyl (C=O) groups excluding carboxylic acids is 2. The molecule has 22 heavy (non-hydrogen) atoms. The zero-order chi connectivity index (χ0) is 15.9. The number of benzene rings is 1. The molecule has 0 saturated heterocycles.